The second-order valence-electron chi connectivity index (χ2n) is 6.32. The van der Waals surface area contributed by atoms with Crippen LogP contribution >= 0.6 is 0 Å². The molecular formula is C19H20FN3. The van der Waals surface area contributed by atoms with Gasteiger partial charge in [0.1, 0.15) is 11.5 Å². The van der Waals surface area contributed by atoms with Crippen molar-refractivity contribution in [3.05, 3.63) is 65.7 Å². The summed E-state index contributed by atoms with van der Waals surface area (Å²) in [5, 5.41) is 1.25. The van der Waals surface area contributed by atoms with Crippen LogP contribution in [-0.4, -0.2) is 28.0 Å². The molecule has 23 heavy (non-hydrogen) atoms. The van der Waals surface area contributed by atoms with E-state index < -0.39 is 0 Å². The Labute approximate surface area is 135 Å². The van der Waals surface area contributed by atoms with E-state index in [0.29, 0.717) is 5.92 Å². The monoisotopic (exact) mass is 309 g/mol. The lowest BCUT2D eigenvalue weighted by atomic mass is 9.89. The van der Waals surface area contributed by atoms with Gasteiger partial charge in [-0.15, -0.1) is 0 Å². The molecule has 4 heteroatoms. The van der Waals surface area contributed by atoms with E-state index in [9.17, 15) is 4.39 Å². The van der Waals surface area contributed by atoms with Gasteiger partial charge in [0.25, 0.3) is 0 Å². The topological polar surface area (TPSA) is 31.9 Å². The molecule has 4 rings (SSSR count). The number of halogens is 1. The molecule has 0 spiro atoms. The molecular weight excluding hydrogens is 289 g/mol. The van der Waals surface area contributed by atoms with Crippen LogP contribution < -0.4 is 0 Å². The molecule has 3 nitrogen and oxygen atoms in total. The number of nitrogens with zero attached hydrogens (tertiary/aromatic N) is 2. The molecule has 1 aromatic carbocycles. The first kappa shape index (κ1) is 14.4. The molecule has 1 saturated heterocycles. The molecule has 0 saturated carbocycles. The van der Waals surface area contributed by atoms with Crippen molar-refractivity contribution >= 4 is 11.0 Å². The maximum Gasteiger partial charge on any atom is 0.137 e. The zero-order valence-electron chi connectivity index (χ0n) is 13.0. The van der Waals surface area contributed by atoms with Crippen LogP contribution in [0.2, 0.25) is 0 Å². The molecule has 0 atom stereocenters. The molecule has 118 valence electrons. The molecule has 0 amide bonds. The number of aromatic amines is 1. The van der Waals surface area contributed by atoms with Gasteiger partial charge in [-0.25, -0.2) is 9.37 Å². The number of hydrogen-bond donors (Lipinski definition) is 1. The zero-order valence-corrected chi connectivity index (χ0v) is 13.0. The lowest BCUT2D eigenvalue weighted by Crippen LogP contribution is -2.32. The van der Waals surface area contributed by atoms with Gasteiger partial charge in [0.05, 0.1) is 0 Å². The molecule has 0 radical (unpaired) electrons. The molecule has 1 aliphatic heterocycles. The zero-order chi connectivity index (χ0) is 15.6. The Morgan fingerprint density at radius 2 is 1.91 bits per heavy atom. The number of likely N-dealkylation sites (tertiary alicyclic amines) is 1. The summed E-state index contributed by atoms with van der Waals surface area (Å²) in [4.78, 5) is 10.1. The lowest BCUT2D eigenvalue weighted by molar-refractivity contribution is 0.205. The average molecular weight is 309 g/mol. The van der Waals surface area contributed by atoms with Gasteiger partial charge in [0, 0.05) is 24.3 Å². The summed E-state index contributed by atoms with van der Waals surface area (Å²) < 4.78 is 13.0. The summed E-state index contributed by atoms with van der Waals surface area (Å²) in [5.41, 5.74) is 3.56. The minimum Gasteiger partial charge on any atom is -0.346 e. The van der Waals surface area contributed by atoms with Crippen molar-refractivity contribution in [2.45, 2.75) is 25.3 Å². The molecule has 1 aliphatic rings. The Kier molecular flexibility index (Phi) is 3.83. The van der Waals surface area contributed by atoms with E-state index in [2.05, 4.69) is 27.1 Å². The maximum absolute atomic E-state index is 13.0. The van der Waals surface area contributed by atoms with E-state index in [0.717, 1.165) is 38.1 Å². The van der Waals surface area contributed by atoms with Gasteiger partial charge in [0.2, 0.25) is 0 Å². The Morgan fingerprint density at radius 3 is 2.70 bits per heavy atom. The smallest absolute Gasteiger partial charge is 0.137 e. The first-order valence-electron chi connectivity index (χ1n) is 8.18. The Balaban J connectivity index is 1.42. The van der Waals surface area contributed by atoms with Crippen molar-refractivity contribution < 1.29 is 4.39 Å². The van der Waals surface area contributed by atoms with Gasteiger partial charge in [-0.05, 0) is 67.2 Å². The van der Waals surface area contributed by atoms with E-state index in [4.69, 9.17) is 0 Å². The predicted octanol–water partition coefficient (Wildman–Crippen LogP) is 4.08. The van der Waals surface area contributed by atoms with Crippen molar-refractivity contribution in [3.8, 4) is 0 Å². The average Bonchev–Trinajstić information content (AvgIpc) is 3.02. The van der Waals surface area contributed by atoms with Crippen LogP contribution in [0.3, 0.4) is 0 Å². The summed E-state index contributed by atoms with van der Waals surface area (Å²) in [6, 6.07) is 11.0. The Bertz CT molecular complexity index is 786. The first-order chi connectivity index (χ1) is 11.3. The molecule has 0 unspecified atom stereocenters. The Morgan fingerprint density at radius 1 is 1.13 bits per heavy atom. The molecule has 1 fully saturated rings. The van der Waals surface area contributed by atoms with Crippen molar-refractivity contribution in [1.29, 1.82) is 0 Å². The number of nitrogens with one attached hydrogen (secondary N) is 1. The third kappa shape index (κ3) is 2.99. The maximum atomic E-state index is 13.0. The third-order valence-corrected chi connectivity index (χ3v) is 4.83. The summed E-state index contributed by atoms with van der Waals surface area (Å²) in [6.45, 7) is 3.06. The first-order valence-corrected chi connectivity index (χ1v) is 8.18. The highest BCUT2D eigenvalue weighted by molar-refractivity contribution is 5.80. The molecule has 1 N–H and O–H groups in total. The molecule has 2 aromatic heterocycles. The number of hydrogen-bond acceptors (Lipinski definition) is 2. The van der Waals surface area contributed by atoms with Gasteiger partial charge in [0.15, 0.2) is 0 Å². The fourth-order valence-corrected chi connectivity index (χ4v) is 3.56. The molecule has 0 bridgehead atoms. The predicted molar refractivity (Wildman–Crippen MR) is 89.7 cm³/mol. The van der Waals surface area contributed by atoms with Crippen LogP contribution in [0.5, 0.6) is 0 Å². The number of rotatable bonds is 3. The normalized spacial score (nSPS) is 16.9. The fourth-order valence-electron chi connectivity index (χ4n) is 3.56. The van der Waals surface area contributed by atoms with E-state index in [-0.39, 0.29) is 5.82 Å². The number of aromatic nitrogens is 2. The van der Waals surface area contributed by atoms with Crippen LogP contribution in [0.25, 0.3) is 11.0 Å². The van der Waals surface area contributed by atoms with Crippen LogP contribution in [0.15, 0.2) is 48.8 Å². The summed E-state index contributed by atoms with van der Waals surface area (Å²) in [5.74, 6) is 0.429. The van der Waals surface area contributed by atoms with Gasteiger partial charge in [-0.2, -0.15) is 0 Å². The molecule has 0 aliphatic carbocycles. The number of fused-ring (bicyclic) bond motifs is 1. The van der Waals surface area contributed by atoms with Crippen LogP contribution in [0, 0.1) is 5.82 Å². The number of H-pyrrole nitrogens is 1. The van der Waals surface area contributed by atoms with Crippen LogP contribution in [-0.2, 0) is 6.54 Å². The third-order valence-electron chi connectivity index (χ3n) is 4.83. The standard InChI is InChI=1S/C19H20FN3/c20-16-5-3-14(4-6-16)13-23-10-7-15(8-11-23)18-12-22-19-17(18)2-1-9-21-19/h1-6,9,12,15H,7-8,10-11,13H2,(H,21,22). The summed E-state index contributed by atoms with van der Waals surface area (Å²) >= 11 is 0. The summed E-state index contributed by atoms with van der Waals surface area (Å²) in [7, 11) is 0. The van der Waals surface area contributed by atoms with Crippen molar-refractivity contribution in [1.82, 2.24) is 14.9 Å². The second kappa shape index (κ2) is 6.13. The van der Waals surface area contributed by atoms with E-state index >= 15 is 0 Å². The van der Waals surface area contributed by atoms with Gasteiger partial charge < -0.3 is 4.98 Å². The van der Waals surface area contributed by atoms with Crippen molar-refractivity contribution in [2.24, 2.45) is 0 Å². The highest BCUT2D eigenvalue weighted by Crippen LogP contribution is 2.32. The second-order valence-corrected chi connectivity index (χ2v) is 6.32. The number of benzene rings is 1. The van der Waals surface area contributed by atoms with E-state index in [1.807, 2.05) is 24.4 Å². The van der Waals surface area contributed by atoms with E-state index in [1.165, 1.54) is 16.5 Å². The minimum absolute atomic E-state index is 0.166. The van der Waals surface area contributed by atoms with Gasteiger partial charge in [-0.1, -0.05) is 12.1 Å². The van der Waals surface area contributed by atoms with Gasteiger partial charge in [-0.3, -0.25) is 4.90 Å². The number of pyridine rings is 1. The van der Waals surface area contributed by atoms with Crippen molar-refractivity contribution in [3.63, 3.8) is 0 Å². The number of piperidine rings is 1. The quantitative estimate of drug-likeness (QED) is 0.790. The largest absolute Gasteiger partial charge is 0.346 e. The van der Waals surface area contributed by atoms with Crippen LogP contribution in [0.1, 0.15) is 29.9 Å². The molecule has 3 aromatic rings. The SMILES string of the molecule is Fc1ccc(CN2CCC(c3c[nH]c4ncccc34)CC2)cc1. The Hall–Kier alpha value is -2.20. The minimum atomic E-state index is -0.166. The van der Waals surface area contributed by atoms with Crippen LogP contribution in [0.4, 0.5) is 4.39 Å². The van der Waals surface area contributed by atoms with Gasteiger partial charge >= 0.3 is 0 Å². The molecule has 3 heterocycles. The highest BCUT2D eigenvalue weighted by Gasteiger charge is 2.22. The highest BCUT2D eigenvalue weighted by atomic mass is 19.1. The fraction of sp³-hybridized carbons (Fsp3) is 0.316. The van der Waals surface area contributed by atoms with Crippen molar-refractivity contribution in [2.75, 3.05) is 13.1 Å². The van der Waals surface area contributed by atoms with E-state index in [1.54, 1.807) is 12.1 Å². The summed E-state index contributed by atoms with van der Waals surface area (Å²) in [6.07, 6.45) is 6.26. The lowest BCUT2D eigenvalue weighted by Gasteiger charge is -2.32.